The number of nitrogens with one attached hydrogen (secondary N) is 1. The lowest BCUT2D eigenvalue weighted by Gasteiger charge is -2.32. The quantitative estimate of drug-likeness (QED) is 0.364. The molecule has 0 aliphatic carbocycles. The van der Waals surface area contributed by atoms with Crippen molar-refractivity contribution in [1.82, 2.24) is 10.2 Å². The average molecular weight is 607 g/mol. The number of halogens is 2. The SMILES string of the molecule is CCNC(=O)[C@H](C)N(Cc1c(Cl)cccc1Cl)C(=O)CN(c1ccc2c(c1)OCCO2)S(=O)(=O)c1ccccc1. The van der Waals surface area contributed by atoms with Gasteiger partial charge in [0.25, 0.3) is 10.0 Å². The van der Waals surface area contributed by atoms with Gasteiger partial charge in [-0.1, -0.05) is 47.5 Å². The molecule has 1 aliphatic rings. The van der Waals surface area contributed by atoms with Crippen molar-refractivity contribution in [3.05, 3.63) is 82.3 Å². The zero-order chi connectivity index (χ0) is 28.9. The van der Waals surface area contributed by atoms with Gasteiger partial charge >= 0.3 is 0 Å². The van der Waals surface area contributed by atoms with E-state index >= 15 is 0 Å². The maximum atomic E-state index is 14.0. The minimum atomic E-state index is -4.22. The van der Waals surface area contributed by atoms with Crippen molar-refractivity contribution in [2.24, 2.45) is 0 Å². The highest BCUT2D eigenvalue weighted by Crippen LogP contribution is 2.36. The number of anilines is 1. The van der Waals surface area contributed by atoms with E-state index in [0.29, 0.717) is 46.9 Å². The monoisotopic (exact) mass is 605 g/mol. The second-order valence-corrected chi connectivity index (χ2v) is 11.6. The van der Waals surface area contributed by atoms with Gasteiger partial charge in [0.15, 0.2) is 11.5 Å². The van der Waals surface area contributed by atoms with Gasteiger partial charge in [-0.15, -0.1) is 0 Å². The van der Waals surface area contributed by atoms with Crippen LogP contribution < -0.4 is 19.1 Å². The third kappa shape index (κ3) is 6.46. The first-order valence-corrected chi connectivity index (χ1v) is 14.8. The van der Waals surface area contributed by atoms with Gasteiger partial charge in [0, 0.05) is 34.8 Å². The van der Waals surface area contributed by atoms with Gasteiger partial charge in [-0.2, -0.15) is 0 Å². The fourth-order valence-electron chi connectivity index (χ4n) is 4.19. The van der Waals surface area contributed by atoms with Crippen LogP contribution in [0.2, 0.25) is 10.0 Å². The Morgan fingerprint density at radius 3 is 2.25 bits per heavy atom. The highest BCUT2D eigenvalue weighted by atomic mass is 35.5. The highest BCUT2D eigenvalue weighted by Gasteiger charge is 2.33. The van der Waals surface area contributed by atoms with E-state index in [-0.39, 0.29) is 17.1 Å². The standard InChI is InChI=1S/C28H29Cl2N3O6S/c1-3-31-28(35)19(2)32(17-22-23(29)10-7-11-24(22)30)27(34)18-33(40(36,37)21-8-5-4-6-9-21)20-12-13-25-26(16-20)39-15-14-38-25/h4-13,16,19H,3,14-15,17-18H2,1-2H3,(H,31,35)/t19-/m0/s1. The highest BCUT2D eigenvalue weighted by molar-refractivity contribution is 7.92. The van der Waals surface area contributed by atoms with E-state index in [1.807, 2.05) is 0 Å². The van der Waals surface area contributed by atoms with Crippen molar-refractivity contribution >= 4 is 50.7 Å². The molecule has 0 unspecified atom stereocenters. The number of amides is 2. The summed E-state index contributed by atoms with van der Waals surface area (Å²) in [6, 6.07) is 16.4. The first-order chi connectivity index (χ1) is 19.1. The molecule has 12 heteroatoms. The van der Waals surface area contributed by atoms with E-state index in [0.717, 1.165) is 4.31 Å². The first kappa shape index (κ1) is 29.5. The fourth-order valence-corrected chi connectivity index (χ4v) is 6.14. The van der Waals surface area contributed by atoms with Gasteiger partial charge < -0.3 is 19.7 Å². The van der Waals surface area contributed by atoms with Crippen LogP contribution in [0.1, 0.15) is 19.4 Å². The minimum absolute atomic E-state index is 0.00448. The third-order valence-corrected chi connectivity index (χ3v) is 8.83. The Hall–Kier alpha value is -3.47. The van der Waals surface area contributed by atoms with Crippen molar-refractivity contribution in [1.29, 1.82) is 0 Å². The lowest BCUT2D eigenvalue weighted by Crippen LogP contribution is -2.51. The predicted molar refractivity (Wildman–Crippen MR) is 154 cm³/mol. The van der Waals surface area contributed by atoms with Gasteiger partial charge in [0.1, 0.15) is 25.8 Å². The van der Waals surface area contributed by atoms with E-state index in [1.54, 1.807) is 62.4 Å². The summed E-state index contributed by atoms with van der Waals surface area (Å²) in [5, 5.41) is 3.34. The van der Waals surface area contributed by atoms with E-state index in [4.69, 9.17) is 32.7 Å². The third-order valence-electron chi connectivity index (χ3n) is 6.33. The van der Waals surface area contributed by atoms with Gasteiger partial charge in [-0.05, 0) is 50.2 Å². The van der Waals surface area contributed by atoms with Crippen LogP contribution in [0.3, 0.4) is 0 Å². The second kappa shape index (κ2) is 12.8. The maximum absolute atomic E-state index is 14.0. The van der Waals surface area contributed by atoms with E-state index < -0.39 is 34.4 Å². The van der Waals surface area contributed by atoms with E-state index in [1.165, 1.54) is 23.1 Å². The van der Waals surface area contributed by atoms with Crippen molar-refractivity contribution in [3.63, 3.8) is 0 Å². The number of carbonyl (C=O) groups excluding carboxylic acids is 2. The van der Waals surface area contributed by atoms with Gasteiger partial charge in [-0.25, -0.2) is 8.42 Å². The van der Waals surface area contributed by atoms with Crippen molar-refractivity contribution < 1.29 is 27.5 Å². The molecule has 1 N–H and O–H groups in total. The number of benzene rings is 3. The van der Waals surface area contributed by atoms with Gasteiger partial charge in [0.2, 0.25) is 11.8 Å². The number of hydrogen-bond acceptors (Lipinski definition) is 6. The normalized spacial score (nSPS) is 13.3. The van der Waals surface area contributed by atoms with Gasteiger partial charge in [-0.3, -0.25) is 13.9 Å². The van der Waals surface area contributed by atoms with Crippen LogP contribution in [0.25, 0.3) is 0 Å². The molecule has 1 aliphatic heterocycles. The van der Waals surface area contributed by atoms with Crippen LogP contribution in [0.4, 0.5) is 5.69 Å². The molecule has 0 radical (unpaired) electrons. The summed E-state index contributed by atoms with van der Waals surface area (Å²) in [5.74, 6) is -0.210. The maximum Gasteiger partial charge on any atom is 0.264 e. The predicted octanol–water partition coefficient (Wildman–Crippen LogP) is 4.51. The number of hydrogen-bond donors (Lipinski definition) is 1. The number of fused-ring (bicyclic) bond motifs is 1. The molecule has 4 rings (SSSR count). The van der Waals surface area contributed by atoms with Crippen LogP contribution in [0, 0.1) is 0 Å². The Kier molecular flexibility index (Phi) is 9.44. The largest absolute Gasteiger partial charge is 0.486 e. The fraction of sp³-hybridized carbons (Fsp3) is 0.286. The van der Waals surface area contributed by atoms with Crippen LogP contribution in [-0.4, -0.2) is 57.5 Å². The molecule has 0 saturated heterocycles. The average Bonchev–Trinajstić information content (AvgIpc) is 2.95. The number of rotatable bonds is 10. The molecule has 212 valence electrons. The van der Waals surface area contributed by atoms with E-state index in [2.05, 4.69) is 5.32 Å². The topological polar surface area (TPSA) is 105 Å². The molecular formula is C28H29Cl2N3O6S. The zero-order valence-corrected chi connectivity index (χ0v) is 24.3. The number of carbonyl (C=O) groups is 2. The molecule has 0 aromatic heterocycles. The van der Waals surface area contributed by atoms with Crippen LogP contribution in [-0.2, 0) is 26.2 Å². The summed E-state index contributed by atoms with van der Waals surface area (Å²) in [6.45, 7) is 3.62. The molecule has 40 heavy (non-hydrogen) atoms. The van der Waals surface area contributed by atoms with Crippen molar-refractivity contribution in [3.8, 4) is 11.5 Å². The minimum Gasteiger partial charge on any atom is -0.486 e. The Labute approximate surface area is 243 Å². The van der Waals surface area contributed by atoms with Crippen LogP contribution in [0.5, 0.6) is 11.5 Å². The molecule has 2 amide bonds. The van der Waals surface area contributed by atoms with Crippen molar-refractivity contribution in [2.45, 2.75) is 31.3 Å². The number of likely N-dealkylation sites (N-methyl/N-ethyl adjacent to an activating group) is 1. The second-order valence-electron chi connectivity index (χ2n) is 8.95. The zero-order valence-electron chi connectivity index (χ0n) is 22.0. The van der Waals surface area contributed by atoms with E-state index in [9.17, 15) is 18.0 Å². The summed E-state index contributed by atoms with van der Waals surface area (Å²) in [5.41, 5.74) is 0.634. The molecule has 0 bridgehead atoms. The molecule has 0 saturated carbocycles. The molecule has 1 heterocycles. The Balaban J connectivity index is 1.76. The van der Waals surface area contributed by atoms with Gasteiger partial charge in [0.05, 0.1) is 10.6 Å². The van der Waals surface area contributed by atoms with Crippen LogP contribution >= 0.6 is 23.2 Å². The lowest BCUT2D eigenvalue weighted by molar-refractivity contribution is -0.139. The Bertz CT molecular complexity index is 1470. The summed E-state index contributed by atoms with van der Waals surface area (Å²) >= 11 is 12.8. The summed E-state index contributed by atoms with van der Waals surface area (Å²) in [4.78, 5) is 28.1. The Morgan fingerprint density at radius 1 is 0.950 bits per heavy atom. The molecule has 3 aromatic rings. The first-order valence-electron chi connectivity index (χ1n) is 12.6. The summed E-state index contributed by atoms with van der Waals surface area (Å²) in [7, 11) is -4.22. The number of ether oxygens (including phenoxy) is 2. The van der Waals surface area contributed by atoms with Crippen molar-refractivity contribution in [2.75, 3.05) is 30.6 Å². The lowest BCUT2D eigenvalue weighted by atomic mass is 10.1. The Morgan fingerprint density at radius 2 is 1.60 bits per heavy atom. The smallest absolute Gasteiger partial charge is 0.264 e. The molecule has 0 spiro atoms. The summed E-state index contributed by atoms with van der Waals surface area (Å²) < 4.78 is 40.0. The number of nitrogens with zero attached hydrogens (tertiary/aromatic N) is 2. The molecule has 0 fully saturated rings. The molecule has 3 aromatic carbocycles. The van der Waals surface area contributed by atoms with Crippen LogP contribution in [0.15, 0.2) is 71.6 Å². The molecular weight excluding hydrogens is 577 g/mol. The summed E-state index contributed by atoms with van der Waals surface area (Å²) in [6.07, 6.45) is 0. The molecule has 9 nitrogen and oxygen atoms in total. The molecule has 1 atom stereocenters. The number of sulfonamides is 1.